The summed E-state index contributed by atoms with van der Waals surface area (Å²) in [7, 11) is 1.23. The van der Waals surface area contributed by atoms with E-state index in [1.54, 1.807) is 0 Å². The average molecular weight is 238 g/mol. The highest BCUT2D eigenvalue weighted by atomic mass is 19.1. The molecule has 0 aliphatic heterocycles. The summed E-state index contributed by atoms with van der Waals surface area (Å²) in [4.78, 5) is 17.4. The van der Waals surface area contributed by atoms with E-state index in [1.807, 2.05) is 0 Å². The average Bonchev–Trinajstić information content (AvgIpc) is 2.29. The second kappa shape index (κ2) is 4.32. The van der Waals surface area contributed by atoms with E-state index in [0.717, 1.165) is 18.5 Å². The molecule has 88 valence electrons. The number of rotatable bonds is 2. The Morgan fingerprint density at radius 3 is 2.53 bits per heavy atom. The molecule has 0 amide bonds. The second-order valence-electron chi connectivity index (χ2n) is 3.21. The van der Waals surface area contributed by atoms with Crippen LogP contribution in [0.1, 0.15) is 0 Å². The van der Waals surface area contributed by atoms with Crippen molar-refractivity contribution in [1.82, 2.24) is 9.97 Å². The second-order valence-corrected chi connectivity index (χ2v) is 3.21. The highest BCUT2D eigenvalue weighted by Crippen LogP contribution is 2.28. The summed E-state index contributed by atoms with van der Waals surface area (Å²) < 4.78 is 31.9. The summed E-state index contributed by atoms with van der Waals surface area (Å²) in [5, 5.41) is 0. The molecule has 0 spiro atoms. The number of aromatic nitrogens is 2. The largest absolute Gasteiger partial charge is 0.490 e. The van der Waals surface area contributed by atoms with E-state index >= 15 is 0 Å². The Balaban J connectivity index is 2.77. The van der Waals surface area contributed by atoms with Gasteiger partial charge in [-0.25, -0.2) is 13.8 Å². The number of hydrogen-bond donors (Lipinski definition) is 1. The fourth-order valence-corrected chi connectivity index (χ4v) is 1.48. The van der Waals surface area contributed by atoms with E-state index in [0.29, 0.717) is 0 Å². The highest BCUT2D eigenvalue weighted by molar-refractivity contribution is 5.66. The molecule has 0 atom stereocenters. The van der Waals surface area contributed by atoms with E-state index in [2.05, 4.69) is 9.97 Å². The molecule has 0 unspecified atom stereocenters. The molecule has 0 aliphatic rings. The van der Waals surface area contributed by atoms with Crippen LogP contribution in [-0.2, 0) is 0 Å². The SMILES string of the molecule is COc1c(-c2c(F)cccc2F)nc[nH]c1=O. The van der Waals surface area contributed by atoms with Crippen LogP contribution in [0.15, 0.2) is 29.3 Å². The van der Waals surface area contributed by atoms with Gasteiger partial charge in [0.15, 0.2) is 0 Å². The van der Waals surface area contributed by atoms with Crippen LogP contribution in [0.4, 0.5) is 8.78 Å². The lowest BCUT2D eigenvalue weighted by Gasteiger charge is -2.07. The molecule has 17 heavy (non-hydrogen) atoms. The number of H-pyrrole nitrogens is 1. The number of ether oxygens (including phenoxy) is 1. The Labute approximate surface area is 94.9 Å². The van der Waals surface area contributed by atoms with Crippen LogP contribution in [0, 0.1) is 11.6 Å². The quantitative estimate of drug-likeness (QED) is 0.866. The fraction of sp³-hybridized carbons (Fsp3) is 0.0909. The van der Waals surface area contributed by atoms with Crippen LogP contribution in [0.5, 0.6) is 5.75 Å². The van der Waals surface area contributed by atoms with Crippen molar-refractivity contribution in [3.8, 4) is 17.0 Å². The molecular formula is C11H8F2N2O2. The van der Waals surface area contributed by atoms with Gasteiger partial charge in [0.25, 0.3) is 5.56 Å². The Kier molecular flexibility index (Phi) is 2.86. The van der Waals surface area contributed by atoms with Gasteiger partial charge in [-0.15, -0.1) is 0 Å². The summed E-state index contributed by atoms with van der Waals surface area (Å²) in [5.41, 5.74) is -1.14. The summed E-state index contributed by atoms with van der Waals surface area (Å²) in [6, 6.07) is 3.40. The minimum Gasteiger partial charge on any atom is -0.490 e. The van der Waals surface area contributed by atoms with Crippen molar-refractivity contribution >= 4 is 0 Å². The Morgan fingerprint density at radius 1 is 1.29 bits per heavy atom. The van der Waals surface area contributed by atoms with E-state index in [1.165, 1.54) is 13.2 Å². The molecular weight excluding hydrogens is 230 g/mol. The summed E-state index contributed by atoms with van der Waals surface area (Å²) in [6.07, 6.45) is 1.06. The molecule has 1 N–H and O–H groups in total. The maximum absolute atomic E-state index is 13.5. The van der Waals surface area contributed by atoms with Crippen molar-refractivity contribution < 1.29 is 13.5 Å². The first kappa shape index (κ1) is 11.3. The van der Waals surface area contributed by atoms with Crippen molar-refractivity contribution in [3.05, 3.63) is 46.5 Å². The lowest BCUT2D eigenvalue weighted by Crippen LogP contribution is -2.12. The molecule has 2 aromatic rings. The van der Waals surface area contributed by atoms with Crippen LogP contribution >= 0.6 is 0 Å². The zero-order valence-corrected chi connectivity index (χ0v) is 8.83. The maximum atomic E-state index is 13.5. The fourth-order valence-electron chi connectivity index (χ4n) is 1.48. The summed E-state index contributed by atoms with van der Waals surface area (Å²) in [5.74, 6) is -1.83. The zero-order valence-electron chi connectivity index (χ0n) is 8.83. The molecule has 0 saturated heterocycles. The molecule has 4 nitrogen and oxygen atoms in total. The molecule has 1 heterocycles. The third-order valence-corrected chi connectivity index (χ3v) is 2.21. The van der Waals surface area contributed by atoms with Gasteiger partial charge in [0, 0.05) is 0 Å². The van der Waals surface area contributed by atoms with Gasteiger partial charge in [-0.3, -0.25) is 4.79 Å². The normalized spacial score (nSPS) is 10.3. The Bertz CT molecular complexity index is 590. The number of nitrogens with one attached hydrogen (secondary N) is 1. The number of nitrogens with zero attached hydrogens (tertiary/aromatic N) is 1. The van der Waals surface area contributed by atoms with Gasteiger partial charge < -0.3 is 9.72 Å². The van der Waals surface area contributed by atoms with E-state index < -0.39 is 17.2 Å². The monoisotopic (exact) mass is 238 g/mol. The van der Waals surface area contributed by atoms with Crippen molar-refractivity contribution in [1.29, 1.82) is 0 Å². The molecule has 0 bridgehead atoms. The summed E-state index contributed by atoms with van der Waals surface area (Å²) in [6.45, 7) is 0. The van der Waals surface area contributed by atoms with Crippen LogP contribution in [0.25, 0.3) is 11.3 Å². The van der Waals surface area contributed by atoms with Crippen molar-refractivity contribution in [3.63, 3.8) is 0 Å². The van der Waals surface area contributed by atoms with Gasteiger partial charge in [-0.1, -0.05) is 6.07 Å². The number of hydrogen-bond acceptors (Lipinski definition) is 3. The van der Waals surface area contributed by atoms with Crippen LogP contribution in [0.2, 0.25) is 0 Å². The van der Waals surface area contributed by atoms with Crippen LogP contribution < -0.4 is 10.3 Å². The first-order chi connectivity index (χ1) is 8.15. The molecule has 0 fully saturated rings. The van der Waals surface area contributed by atoms with Gasteiger partial charge in [0.2, 0.25) is 5.75 Å². The number of halogens is 2. The standard InChI is InChI=1S/C11H8F2N2O2/c1-17-10-9(14-5-15-11(10)16)8-6(12)3-2-4-7(8)13/h2-5H,1H3,(H,14,15,16). The number of aromatic amines is 1. The predicted octanol–water partition coefficient (Wildman–Crippen LogP) is 1.72. The summed E-state index contributed by atoms with van der Waals surface area (Å²) >= 11 is 0. The van der Waals surface area contributed by atoms with Crippen molar-refractivity contribution in [2.45, 2.75) is 0 Å². The van der Waals surface area contributed by atoms with Gasteiger partial charge in [0.05, 0.1) is 19.0 Å². The van der Waals surface area contributed by atoms with E-state index in [9.17, 15) is 13.6 Å². The number of benzene rings is 1. The van der Waals surface area contributed by atoms with Gasteiger partial charge in [-0.05, 0) is 12.1 Å². The smallest absolute Gasteiger partial charge is 0.293 e. The molecule has 2 rings (SSSR count). The molecule has 0 aliphatic carbocycles. The minimum atomic E-state index is -0.804. The van der Waals surface area contributed by atoms with Crippen molar-refractivity contribution in [2.75, 3.05) is 7.11 Å². The van der Waals surface area contributed by atoms with Gasteiger partial charge in [-0.2, -0.15) is 0 Å². The third-order valence-electron chi connectivity index (χ3n) is 2.21. The highest BCUT2D eigenvalue weighted by Gasteiger charge is 2.18. The molecule has 6 heteroatoms. The zero-order chi connectivity index (χ0) is 12.4. The van der Waals surface area contributed by atoms with Crippen LogP contribution in [0.3, 0.4) is 0 Å². The maximum Gasteiger partial charge on any atom is 0.293 e. The van der Waals surface area contributed by atoms with Crippen molar-refractivity contribution in [2.24, 2.45) is 0 Å². The predicted molar refractivity (Wildman–Crippen MR) is 56.8 cm³/mol. The topological polar surface area (TPSA) is 55.0 Å². The lowest BCUT2D eigenvalue weighted by molar-refractivity contribution is 0.407. The molecule has 0 saturated carbocycles. The Morgan fingerprint density at radius 2 is 1.94 bits per heavy atom. The Hall–Kier alpha value is -2.24. The van der Waals surface area contributed by atoms with E-state index in [-0.39, 0.29) is 17.0 Å². The van der Waals surface area contributed by atoms with Gasteiger partial charge in [0.1, 0.15) is 17.3 Å². The molecule has 1 aromatic carbocycles. The first-order valence-corrected chi connectivity index (χ1v) is 4.71. The lowest BCUT2D eigenvalue weighted by atomic mass is 10.1. The molecule has 0 radical (unpaired) electrons. The third kappa shape index (κ3) is 1.89. The first-order valence-electron chi connectivity index (χ1n) is 4.71. The van der Waals surface area contributed by atoms with Crippen LogP contribution in [-0.4, -0.2) is 17.1 Å². The van der Waals surface area contributed by atoms with E-state index in [4.69, 9.17) is 4.74 Å². The number of methoxy groups -OCH3 is 1. The molecule has 1 aromatic heterocycles. The minimum absolute atomic E-state index is 0.160. The van der Waals surface area contributed by atoms with Gasteiger partial charge >= 0.3 is 0 Å².